The van der Waals surface area contributed by atoms with Crippen LogP contribution in [0.1, 0.15) is 41.8 Å². The highest BCUT2D eigenvalue weighted by atomic mass is 35.5. The molecule has 6 nitrogen and oxygen atoms in total. The van der Waals surface area contributed by atoms with E-state index in [1.54, 1.807) is 48.5 Å². The molecule has 0 saturated heterocycles. The van der Waals surface area contributed by atoms with E-state index in [2.05, 4.69) is 10.5 Å². The molecule has 34 heavy (non-hydrogen) atoms. The molecule has 0 atom stereocenters. The van der Waals surface area contributed by atoms with Crippen molar-refractivity contribution in [3.63, 3.8) is 0 Å². The standard InChI is InChI=1S/C26H26ClFN2O4/c1-3-12-33-24-11-9-20(15-25(24)32-4-2)26(31)30-29-16-18-8-10-23(22(27)14-18)34-17-19-6-5-7-21(28)13-19/h5-11,13-16H,3-4,12,17H2,1-2H3,(H,30,31)/b29-16+. The number of carbonyl (C=O) groups is 1. The minimum absolute atomic E-state index is 0.187. The number of nitrogens with one attached hydrogen (secondary N) is 1. The van der Waals surface area contributed by atoms with Crippen LogP contribution in [0.3, 0.4) is 0 Å². The SMILES string of the molecule is CCCOc1ccc(C(=O)N/N=C/c2ccc(OCc3cccc(F)c3)c(Cl)c2)cc1OCC. The Morgan fingerprint density at radius 1 is 1.00 bits per heavy atom. The van der Waals surface area contributed by atoms with Crippen molar-refractivity contribution in [2.24, 2.45) is 5.10 Å². The molecule has 0 fully saturated rings. The molecule has 0 bridgehead atoms. The van der Waals surface area contributed by atoms with Gasteiger partial charge in [0.1, 0.15) is 18.2 Å². The second-order valence-corrected chi connectivity index (χ2v) is 7.66. The fourth-order valence-corrected chi connectivity index (χ4v) is 3.22. The number of ether oxygens (including phenoxy) is 3. The van der Waals surface area contributed by atoms with Crippen molar-refractivity contribution in [3.05, 3.63) is 88.2 Å². The van der Waals surface area contributed by atoms with Crippen LogP contribution in [-0.4, -0.2) is 25.3 Å². The third-order valence-corrected chi connectivity index (χ3v) is 4.88. The number of carbonyl (C=O) groups excluding carboxylic acids is 1. The van der Waals surface area contributed by atoms with Crippen molar-refractivity contribution >= 4 is 23.7 Å². The first-order valence-electron chi connectivity index (χ1n) is 10.9. The number of hydrogen-bond donors (Lipinski definition) is 1. The molecule has 0 aliphatic heterocycles. The van der Waals surface area contributed by atoms with E-state index in [4.69, 9.17) is 25.8 Å². The van der Waals surface area contributed by atoms with E-state index >= 15 is 0 Å². The van der Waals surface area contributed by atoms with Crippen LogP contribution in [0.2, 0.25) is 5.02 Å². The molecule has 3 aromatic rings. The number of rotatable bonds is 11. The molecule has 0 aromatic heterocycles. The first-order chi connectivity index (χ1) is 16.5. The van der Waals surface area contributed by atoms with E-state index < -0.39 is 0 Å². The third-order valence-electron chi connectivity index (χ3n) is 4.59. The minimum atomic E-state index is -0.389. The average molecular weight is 485 g/mol. The van der Waals surface area contributed by atoms with Crippen molar-refractivity contribution in [1.82, 2.24) is 5.43 Å². The van der Waals surface area contributed by atoms with Gasteiger partial charge in [-0.15, -0.1) is 0 Å². The second kappa shape index (κ2) is 12.6. The van der Waals surface area contributed by atoms with Crippen molar-refractivity contribution in [1.29, 1.82) is 0 Å². The van der Waals surface area contributed by atoms with Crippen LogP contribution in [0.25, 0.3) is 0 Å². The zero-order valence-corrected chi connectivity index (χ0v) is 19.8. The number of amides is 1. The molecular formula is C26H26ClFN2O4. The maximum atomic E-state index is 13.3. The molecule has 1 amide bonds. The van der Waals surface area contributed by atoms with Crippen molar-refractivity contribution in [2.45, 2.75) is 26.9 Å². The lowest BCUT2D eigenvalue weighted by atomic mass is 10.2. The normalized spacial score (nSPS) is 10.8. The Kier molecular flexibility index (Phi) is 9.29. The summed E-state index contributed by atoms with van der Waals surface area (Å²) in [7, 11) is 0. The van der Waals surface area contributed by atoms with Gasteiger partial charge >= 0.3 is 0 Å². The van der Waals surface area contributed by atoms with Crippen LogP contribution in [0, 0.1) is 5.82 Å². The van der Waals surface area contributed by atoms with Gasteiger partial charge in [-0.05, 0) is 73.0 Å². The number of nitrogens with zero attached hydrogens (tertiary/aromatic N) is 1. The summed E-state index contributed by atoms with van der Waals surface area (Å²) in [4.78, 5) is 12.5. The highest BCUT2D eigenvalue weighted by molar-refractivity contribution is 6.32. The van der Waals surface area contributed by atoms with Crippen molar-refractivity contribution in [2.75, 3.05) is 13.2 Å². The predicted molar refractivity (Wildman–Crippen MR) is 131 cm³/mol. The topological polar surface area (TPSA) is 69.2 Å². The van der Waals surface area contributed by atoms with Gasteiger partial charge in [-0.3, -0.25) is 4.79 Å². The van der Waals surface area contributed by atoms with Gasteiger partial charge in [-0.2, -0.15) is 5.10 Å². The zero-order chi connectivity index (χ0) is 24.3. The summed E-state index contributed by atoms with van der Waals surface area (Å²) in [6, 6.07) is 16.2. The van der Waals surface area contributed by atoms with Gasteiger partial charge in [-0.1, -0.05) is 30.7 Å². The molecule has 0 aliphatic carbocycles. The lowest BCUT2D eigenvalue weighted by Gasteiger charge is -2.12. The molecule has 1 N–H and O–H groups in total. The van der Waals surface area contributed by atoms with Gasteiger partial charge < -0.3 is 14.2 Å². The maximum Gasteiger partial charge on any atom is 0.271 e. The monoisotopic (exact) mass is 484 g/mol. The van der Waals surface area contributed by atoms with Gasteiger partial charge in [-0.25, -0.2) is 9.82 Å². The molecule has 0 saturated carbocycles. The molecule has 0 aliphatic rings. The van der Waals surface area contributed by atoms with E-state index in [0.717, 1.165) is 6.42 Å². The minimum Gasteiger partial charge on any atom is -0.490 e. The summed E-state index contributed by atoms with van der Waals surface area (Å²) in [6.45, 7) is 5.08. The number of halogens is 2. The summed E-state index contributed by atoms with van der Waals surface area (Å²) >= 11 is 6.29. The molecular weight excluding hydrogens is 459 g/mol. The summed E-state index contributed by atoms with van der Waals surface area (Å²) in [5, 5.41) is 4.37. The first kappa shape index (κ1) is 25.1. The van der Waals surface area contributed by atoms with Crippen LogP contribution >= 0.6 is 11.6 Å². The fourth-order valence-electron chi connectivity index (χ4n) is 2.98. The Balaban J connectivity index is 1.59. The molecule has 8 heteroatoms. The largest absolute Gasteiger partial charge is 0.490 e. The zero-order valence-electron chi connectivity index (χ0n) is 19.0. The molecule has 0 unspecified atom stereocenters. The van der Waals surface area contributed by atoms with Gasteiger partial charge in [0.25, 0.3) is 5.91 Å². The van der Waals surface area contributed by atoms with E-state index in [9.17, 15) is 9.18 Å². The number of hydrogen-bond acceptors (Lipinski definition) is 5. The molecule has 178 valence electrons. The highest BCUT2D eigenvalue weighted by Gasteiger charge is 2.11. The van der Waals surface area contributed by atoms with Gasteiger partial charge in [0.05, 0.1) is 24.5 Å². The summed E-state index contributed by atoms with van der Waals surface area (Å²) in [5.74, 6) is 0.850. The molecule has 3 aromatic carbocycles. The lowest BCUT2D eigenvalue weighted by molar-refractivity contribution is 0.0954. The van der Waals surface area contributed by atoms with Crippen LogP contribution in [0.5, 0.6) is 17.2 Å². The highest BCUT2D eigenvalue weighted by Crippen LogP contribution is 2.29. The second-order valence-electron chi connectivity index (χ2n) is 7.25. The van der Waals surface area contributed by atoms with Gasteiger partial charge in [0.15, 0.2) is 11.5 Å². The van der Waals surface area contributed by atoms with E-state index in [1.807, 2.05) is 13.8 Å². The van der Waals surface area contributed by atoms with Crippen LogP contribution in [-0.2, 0) is 6.61 Å². The average Bonchev–Trinajstić information content (AvgIpc) is 2.83. The fraction of sp³-hybridized carbons (Fsp3) is 0.231. The summed E-state index contributed by atoms with van der Waals surface area (Å²) in [6.07, 6.45) is 2.34. The van der Waals surface area contributed by atoms with E-state index in [1.165, 1.54) is 18.3 Å². The Morgan fingerprint density at radius 3 is 2.56 bits per heavy atom. The first-order valence-corrected chi connectivity index (χ1v) is 11.3. The molecule has 0 radical (unpaired) electrons. The van der Waals surface area contributed by atoms with Crippen molar-refractivity contribution in [3.8, 4) is 17.2 Å². The van der Waals surface area contributed by atoms with E-state index in [0.29, 0.717) is 52.2 Å². The van der Waals surface area contributed by atoms with Crippen molar-refractivity contribution < 1.29 is 23.4 Å². The Hall–Kier alpha value is -3.58. The summed E-state index contributed by atoms with van der Waals surface area (Å²) < 4.78 is 30.2. The molecule has 3 rings (SSSR count). The molecule has 0 spiro atoms. The van der Waals surface area contributed by atoms with Crippen LogP contribution < -0.4 is 19.6 Å². The number of benzene rings is 3. The Morgan fingerprint density at radius 2 is 1.82 bits per heavy atom. The van der Waals surface area contributed by atoms with Gasteiger partial charge in [0, 0.05) is 5.56 Å². The summed E-state index contributed by atoms with van der Waals surface area (Å²) in [5.41, 5.74) is 4.25. The molecule has 0 heterocycles. The smallest absolute Gasteiger partial charge is 0.271 e. The third kappa shape index (κ3) is 7.22. The Labute approximate surface area is 203 Å². The van der Waals surface area contributed by atoms with Crippen LogP contribution in [0.15, 0.2) is 65.8 Å². The van der Waals surface area contributed by atoms with E-state index in [-0.39, 0.29) is 18.3 Å². The quantitative estimate of drug-likeness (QED) is 0.267. The predicted octanol–water partition coefficient (Wildman–Crippen LogP) is 6.01. The van der Waals surface area contributed by atoms with Gasteiger partial charge in [0.2, 0.25) is 0 Å². The van der Waals surface area contributed by atoms with Crippen LogP contribution in [0.4, 0.5) is 4.39 Å². The maximum absolute atomic E-state index is 13.3. The number of hydrazone groups is 1. The lowest BCUT2D eigenvalue weighted by Crippen LogP contribution is -2.17. The Bertz CT molecular complexity index is 1150.